The summed E-state index contributed by atoms with van der Waals surface area (Å²) in [5.74, 6) is 0.607. The largest absolute Gasteiger partial charge is 0.497 e. The monoisotopic (exact) mass is 317 g/mol. The van der Waals surface area contributed by atoms with Gasteiger partial charge in [-0.1, -0.05) is 17.3 Å². The van der Waals surface area contributed by atoms with Gasteiger partial charge >= 0.3 is 0 Å². The Morgan fingerprint density at radius 1 is 1.48 bits per heavy atom. The van der Waals surface area contributed by atoms with E-state index in [0.29, 0.717) is 12.1 Å². The number of ether oxygens (including phenoxy) is 1. The molecule has 1 aromatic carbocycles. The van der Waals surface area contributed by atoms with Gasteiger partial charge in [0.1, 0.15) is 5.75 Å². The molecule has 2 aromatic rings. The number of nitrogens with one attached hydrogen (secondary N) is 1. The van der Waals surface area contributed by atoms with Crippen LogP contribution in [0.25, 0.3) is 0 Å². The van der Waals surface area contributed by atoms with Crippen LogP contribution in [0.3, 0.4) is 0 Å². The Morgan fingerprint density at radius 3 is 3.00 bits per heavy atom. The molecule has 1 aromatic heterocycles. The predicted molar refractivity (Wildman–Crippen MR) is 84.7 cm³/mol. The van der Waals surface area contributed by atoms with Crippen LogP contribution in [0.4, 0.5) is 0 Å². The van der Waals surface area contributed by atoms with Crippen LogP contribution in [0.15, 0.2) is 41.8 Å². The fourth-order valence-electron chi connectivity index (χ4n) is 1.80. The first-order chi connectivity index (χ1) is 11.1. The maximum absolute atomic E-state index is 11.7. The highest BCUT2D eigenvalue weighted by molar-refractivity contribution is 5.96. The van der Waals surface area contributed by atoms with E-state index in [0.717, 1.165) is 11.3 Å². The van der Waals surface area contributed by atoms with Gasteiger partial charge in [-0.25, -0.2) is 0 Å². The molecule has 2 rings (SSSR count). The van der Waals surface area contributed by atoms with Crippen molar-refractivity contribution < 1.29 is 14.4 Å². The molecular weight excluding hydrogens is 298 g/mol. The number of hydrogen-bond acceptors (Lipinski definition) is 5. The maximum atomic E-state index is 11.7. The highest BCUT2D eigenvalue weighted by atomic mass is 16.6. The third-order valence-electron chi connectivity index (χ3n) is 2.98. The molecule has 3 N–H and O–H groups in total. The molecule has 0 radical (unpaired) electrons. The number of amides is 1. The summed E-state index contributed by atoms with van der Waals surface area (Å²) in [6.07, 6.45) is 3.26. The number of aryl methyl sites for hydroxylation is 1. The predicted octanol–water partition coefficient (Wildman–Crippen LogP) is 0.382. The molecule has 0 saturated carbocycles. The van der Waals surface area contributed by atoms with Crippen molar-refractivity contribution in [1.29, 1.82) is 0 Å². The van der Waals surface area contributed by atoms with Gasteiger partial charge in [0.2, 0.25) is 0 Å². The van der Waals surface area contributed by atoms with Crippen LogP contribution < -0.4 is 15.8 Å². The van der Waals surface area contributed by atoms with Crippen molar-refractivity contribution in [3.8, 4) is 5.75 Å². The minimum atomic E-state index is -0.296. The second-order valence-corrected chi connectivity index (χ2v) is 4.78. The summed E-state index contributed by atoms with van der Waals surface area (Å²) in [5.41, 5.74) is 7.27. The number of hydrogen-bond donors (Lipinski definition) is 2. The molecule has 0 bridgehead atoms. The number of nitrogens with two attached hydrogens (primary N) is 1. The van der Waals surface area contributed by atoms with Crippen LogP contribution in [0.2, 0.25) is 0 Å². The van der Waals surface area contributed by atoms with Gasteiger partial charge in [0.25, 0.3) is 5.91 Å². The molecule has 0 unspecified atom stereocenters. The van der Waals surface area contributed by atoms with E-state index in [4.69, 9.17) is 15.3 Å². The van der Waals surface area contributed by atoms with Gasteiger partial charge in [-0.2, -0.15) is 5.10 Å². The molecular formula is C15H19N5O3. The molecule has 0 aliphatic heterocycles. The van der Waals surface area contributed by atoms with Gasteiger partial charge in [0, 0.05) is 19.8 Å². The number of benzene rings is 1. The van der Waals surface area contributed by atoms with E-state index in [1.165, 1.54) is 0 Å². The van der Waals surface area contributed by atoms with Gasteiger partial charge < -0.3 is 20.6 Å². The van der Waals surface area contributed by atoms with Crippen LogP contribution >= 0.6 is 0 Å². The average molecular weight is 317 g/mol. The first-order valence-corrected chi connectivity index (χ1v) is 6.92. The Kier molecular flexibility index (Phi) is 5.56. The first-order valence-electron chi connectivity index (χ1n) is 6.92. The van der Waals surface area contributed by atoms with E-state index >= 15 is 0 Å². The SMILES string of the molecule is COc1cccc(CNC(=O)CO/N=C(/N)c2cnn(C)c2)c1. The quantitative estimate of drug-likeness (QED) is 0.436. The molecule has 0 spiro atoms. The Balaban J connectivity index is 1.76. The number of carbonyl (C=O) groups is 1. The topological polar surface area (TPSA) is 104 Å². The van der Waals surface area contributed by atoms with Crippen molar-refractivity contribution in [2.24, 2.45) is 17.9 Å². The lowest BCUT2D eigenvalue weighted by Crippen LogP contribution is -2.27. The number of oxime groups is 1. The third-order valence-corrected chi connectivity index (χ3v) is 2.98. The minimum Gasteiger partial charge on any atom is -0.497 e. The van der Waals surface area contributed by atoms with E-state index in [1.54, 1.807) is 31.2 Å². The number of methoxy groups -OCH3 is 1. The summed E-state index contributed by atoms with van der Waals surface area (Å²) in [6, 6.07) is 7.43. The number of nitrogens with zero attached hydrogens (tertiary/aromatic N) is 3. The van der Waals surface area contributed by atoms with E-state index in [-0.39, 0.29) is 18.3 Å². The lowest BCUT2D eigenvalue weighted by Gasteiger charge is -2.06. The molecule has 1 amide bonds. The molecule has 0 aliphatic rings. The molecule has 0 aliphatic carbocycles. The van der Waals surface area contributed by atoms with Crippen molar-refractivity contribution in [2.75, 3.05) is 13.7 Å². The number of rotatable bonds is 7. The number of amidine groups is 1. The molecule has 8 nitrogen and oxygen atoms in total. The van der Waals surface area contributed by atoms with Crippen LogP contribution in [-0.2, 0) is 23.2 Å². The van der Waals surface area contributed by atoms with Gasteiger partial charge in [0.15, 0.2) is 12.4 Å². The summed E-state index contributed by atoms with van der Waals surface area (Å²) in [7, 11) is 3.36. The fraction of sp³-hybridized carbons (Fsp3) is 0.267. The van der Waals surface area contributed by atoms with Crippen molar-refractivity contribution in [1.82, 2.24) is 15.1 Å². The fourth-order valence-corrected chi connectivity index (χ4v) is 1.80. The van der Waals surface area contributed by atoms with Crippen molar-refractivity contribution in [3.63, 3.8) is 0 Å². The van der Waals surface area contributed by atoms with Gasteiger partial charge in [-0.3, -0.25) is 9.48 Å². The van der Waals surface area contributed by atoms with Crippen molar-refractivity contribution in [3.05, 3.63) is 47.8 Å². The normalized spacial score (nSPS) is 11.1. The molecule has 0 atom stereocenters. The van der Waals surface area contributed by atoms with Crippen LogP contribution in [0.5, 0.6) is 5.75 Å². The second kappa shape index (κ2) is 7.83. The van der Waals surface area contributed by atoms with E-state index in [9.17, 15) is 4.79 Å². The molecule has 8 heteroatoms. The summed E-state index contributed by atoms with van der Waals surface area (Å²) < 4.78 is 6.72. The molecule has 0 saturated heterocycles. The van der Waals surface area contributed by atoms with Gasteiger partial charge in [-0.05, 0) is 17.7 Å². The molecule has 23 heavy (non-hydrogen) atoms. The number of carbonyl (C=O) groups excluding carboxylic acids is 1. The van der Waals surface area contributed by atoms with Crippen molar-refractivity contribution in [2.45, 2.75) is 6.54 Å². The van der Waals surface area contributed by atoms with Crippen LogP contribution in [-0.4, -0.2) is 35.2 Å². The van der Waals surface area contributed by atoms with E-state index in [2.05, 4.69) is 15.6 Å². The highest BCUT2D eigenvalue weighted by Crippen LogP contribution is 2.11. The van der Waals surface area contributed by atoms with Crippen LogP contribution in [0, 0.1) is 0 Å². The van der Waals surface area contributed by atoms with Crippen molar-refractivity contribution >= 4 is 11.7 Å². The summed E-state index contributed by atoms with van der Waals surface area (Å²) in [6.45, 7) is 0.159. The minimum absolute atomic E-state index is 0.165. The highest BCUT2D eigenvalue weighted by Gasteiger charge is 2.05. The molecule has 1 heterocycles. The van der Waals surface area contributed by atoms with Crippen LogP contribution in [0.1, 0.15) is 11.1 Å². The summed E-state index contributed by atoms with van der Waals surface area (Å²) >= 11 is 0. The molecule has 0 fully saturated rings. The Morgan fingerprint density at radius 2 is 2.30 bits per heavy atom. The lowest BCUT2D eigenvalue weighted by molar-refractivity contribution is -0.125. The number of aromatic nitrogens is 2. The second-order valence-electron chi connectivity index (χ2n) is 4.78. The first kappa shape index (κ1) is 16.3. The average Bonchev–Trinajstić information content (AvgIpc) is 2.99. The van der Waals surface area contributed by atoms with Gasteiger partial charge in [0.05, 0.1) is 18.9 Å². The summed E-state index contributed by atoms with van der Waals surface area (Å²) in [4.78, 5) is 16.6. The Labute approximate surface area is 133 Å². The zero-order chi connectivity index (χ0) is 16.7. The third kappa shape index (κ3) is 5.03. The zero-order valence-electron chi connectivity index (χ0n) is 13.0. The zero-order valence-corrected chi connectivity index (χ0v) is 13.0. The smallest absolute Gasteiger partial charge is 0.261 e. The standard InChI is InChI=1S/C15H19N5O3/c1-20-9-12(8-18-20)15(16)19-23-10-14(21)17-7-11-4-3-5-13(6-11)22-2/h3-6,8-9H,7,10H2,1-2H3,(H2,16,19)(H,17,21). The van der Waals surface area contributed by atoms with E-state index < -0.39 is 0 Å². The molecule has 122 valence electrons. The Hall–Kier alpha value is -3.03. The Bertz CT molecular complexity index is 696. The maximum Gasteiger partial charge on any atom is 0.261 e. The summed E-state index contributed by atoms with van der Waals surface area (Å²) in [5, 5.41) is 10.4. The van der Waals surface area contributed by atoms with Gasteiger partial charge in [-0.15, -0.1) is 0 Å². The lowest BCUT2D eigenvalue weighted by atomic mass is 10.2. The van der Waals surface area contributed by atoms with E-state index in [1.807, 2.05) is 24.3 Å².